The fourth-order valence-corrected chi connectivity index (χ4v) is 1.94. The minimum atomic E-state index is -0.454. The van der Waals surface area contributed by atoms with E-state index >= 15 is 0 Å². The first-order valence-corrected chi connectivity index (χ1v) is 5.86. The van der Waals surface area contributed by atoms with E-state index < -0.39 is 5.91 Å². The molecule has 0 atom stereocenters. The molecule has 5 nitrogen and oxygen atoms in total. The summed E-state index contributed by atoms with van der Waals surface area (Å²) in [5.74, 6) is 0.733. The van der Waals surface area contributed by atoms with Gasteiger partial charge in [0, 0.05) is 5.92 Å². The molecular formula is C11H21N3O2. The van der Waals surface area contributed by atoms with Gasteiger partial charge in [0.1, 0.15) is 6.61 Å². The minimum absolute atomic E-state index is 0.0428. The molecule has 0 aromatic rings. The summed E-state index contributed by atoms with van der Waals surface area (Å²) in [5.41, 5.74) is 10.8. The van der Waals surface area contributed by atoms with E-state index in [1.807, 2.05) is 0 Å². The monoisotopic (exact) mass is 227 g/mol. The third-order valence-electron chi connectivity index (χ3n) is 2.80. The Hall–Kier alpha value is -1.10. The molecule has 4 N–H and O–H groups in total. The summed E-state index contributed by atoms with van der Waals surface area (Å²) >= 11 is 0. The Labute approximate surface area is 96.2 Å². The number of carbonyl (C=O) groups excluding carboxylic acids is 1. The predicted molar refractivity (Wildman–Crippen MR) is 63.1 cm³/mol. The molecule has 92 valence electrons. The second-order valence-electron chi connectivity index (χ2n) is 4.16. The van der Waals surface area contributed by atoms with Crippen LogP contribution in [0, 0.1) is 5.92 Å². The van der Waals surface area contributed by atoms with Crippen molar-refractivity contribution in [1.29, 1.82) is 0 Å². The average Bonchev–Trinajstić information content (AvgIpc) is 2.29. The van der Waals surface area contributed by atoms with E-state index in [0.717, 1.165) is 18.7 Å². The van der Waals surface area contributed by atoms with Gasteiger partial charge in [-0.25, -0.2) is 0 Å². The van der Waals surface area contributed by atoms with E-state index in [1.165, 1.54) is 19.3 Å². The molecule has 1 fully saturated rings. The zero-order chi connectivity index (χ0) is 11.8. The lowest BCUT2D eigenvalue weighted by molar-refractivity contribution is -0.122. The zero-order valence-corrected chi connectivity index (χ0v) is 9.65. The van der Waals surface area contributed by atoms with Crippen molar-refractivity contribution in [2.24, 2.45) is 22.4 Å². The third-order valence-corrected chi connectivity index (χ3v) is 2.80. The van der Waals surface area contributed by atoms with Crippen molar-refractivity contribution in [3.05, 3.63) is 0 Å². The lowest BCUT2D eigenvalue weighted by atomic mass is 9.88. The van der Waals surface area contributed by atoms with Crippen molar-refractivity contribution in [2.45, 2.75) is 32.1 Å². The van der Waals surface area contributed by atoms with Crippen LogP contribution >= 0.6 is 0 Å². The van der Waals surface area contributed by atoms with Crippen LogP contribution in [0.15, 0.2) is 4.99 Å². The van der Waals surface area contributed by atoms with Crippen LogP contribution in [0.4, 0.5) is 0 Å². The Morgan fingerprint density at radius 2 is 1.94 bits per heavy atom. The fraction of sp³-hybridized carbons (Fsp3) is 0.818. The van der Waals surface area contributed by atoms with E-state index in [0.29, 0.717) is 19.1 Å². The number of rotatable bonds is 6. The fourth-order valence-electron chi connectivity index (χ4n) is 1.94. The minimum Gasteiger partial charge on any atom is -0.387 e. The number of nitrogens with zero attached hydrogens (tertiary/aromatic N) is 1. The van der Waals surface area contributed by atoms with Crippen molar-refractivity contribution >= 4 is 11.7 Å². The lowest BCUT2D eigenvalue weighted by Gasteiger charge is -2.20. The second-order valence-corrected chi connectivity index (χ2v) is 4.16. The summed E-state index contributed by atoms with van der Waals surface area (Å²) < 4.78 is 5.00. The number of amides is 1. The number of ether oxygens (including phenoxy) is 1. The van der Waals surface area contributed by atoms with Gasteiger partial charge in [-0.3, -0.25) is 9.79 Å². The number of aliphatic imine (C=N–C) groups is 1. The molecule has 0 radical (unpaired) electrons. The quantitative estimate of drug-likeness (QED) is 0.391. The third kappa shape index (κ3) is 5.11. The first-order valence-electron chi connectivity index (χ1n) is 5.86. The predicted octanol–water partition coefficient (Wildman–Crippen LogP) is 0.426. The van der Waals surface area contributed by atoms with Gasteiger partial charge in [-0.15, -0.1) is 0 Å². The first-order chi connectivity index (χ1) is 7.70. The van der Waals surface area contributed by atoms with Gasteiger partial charge in [-0.2, -0.15) is 0 Å². The van der Waals surface area contributed by atoms with Gasteiger partial charge in [0.15, 0.2) is 0 Å². The number of amidine groups is 1. The van der Waals surface area contributed by atoms with E-state index in [1.54, 1.807) is 0 Å². The highest BCUT2D eigenvalue weighted by Gasteiger charge is 2.16. The van der Waals surface area contributed by atoms with Crippen LogP contribution < -0.4 is 11.5 Å². The van der Waals surface area contributed by atoms with Gasteiger partial charge in [-0.05, 0) is 12.8 Å². The summed E-state index contributed by atoms with van der Waals surface area (Å²) in [4.78, 5) is 14.6. The number of carbonyl (C=O) groups is 1. The Kier molecular flexibility index (Phi) is 5.85. The molecule has 1 aliphatic carbocycles. The van der Waals surface area contributed by atoms with Crippen LogP contribution in [0.25, 0.3) is 0 Å². The molecule has 1 rings (SSSR count). The van der Waals surface area contributed by atoms with Crippen LogP contribution in [0.1, 0.15) is 32.1 Å². The molecule has 1 amide bonds. The molecule has 0 bridgehead atoms. The Balaban J connectivity index is 2.14. The molecule has 0 aromatic carbocycles. The summed E-state index contributed by atoms with van der Waals surface area (Å²) in [6.45, 7) is 0.866. The van der Waals surface area contributed by atoms with Gasteiger partial charge < -0.3 is 16.2 Å². The molecule has 1 aliphatic rings. The Morgan fingerprint density at radius 1 is 1.25 bits per heavy atom. The normalized spacial score (nSPS) is 18.6. The van der Waals surface area contributed by atoms with Gasteiger partial charge in [0.05, 0.1) is 19.0 Å². The SMILES string of the molecule is NC(=O)COCCN=C(N)C1CCCCC1. The molecule has 0 aliphatic heterocycles. The van der Waals surface area contributed by atoms with Gasteiger partial charge in [0.25, 0.3) is 0 Å². The first kappa shape index (κ1) is 13.0. The Morgan fingerprint density at radius 3 is 2.56 bits per heavy atom. The lowest BCUT2D eigenvalue weighted by Crippen LogP contribution is -2.26. The van der Waals surface area contributed by atoms with Crippen molar-refractivity contribution in [2.75, 3.05) is 19.8 Å². The van der Waals surface area contributed by atoms with Crippen LogP contribution in [0.2, 0.25) is 0 Å². The maximum Gasteiger partial charge on any atom is 0.243 e. The molecule has 0 heterocycles. The number of hydrogen-bond acceptors (Lipinski definition) is 3. The second kappa shape index (κ2) is 7.22. The molecule has 0 unspecified atom stereocenters. The highest BCUT2D eigenvalue weighted by molar-refractivity contribution is 5.82. The number of primary amides is 1. The highest BCUT2D eigenvalue weighted by atomic mass is 16.5. The van der Waals surface area contributed by atoms with Crippen molar-refractivity contribution in [1.82, 2.24) is 0 Å². The van der Waals surface area contributed by atoms with Crippen LogP contribution in [-0.4, -0.2) is 31.5 Å². The molecule has 1 saturated carbocycles. The van der Waals surface area contributed by atoms with Gasteiger partial charge >= 0.3 is 0 Å². The molecule has 5 heteroatoms. The smallest absolute Gasteiger partial charge is 0.243 e. The van der Waals surface area contributed by atoms with Crippen LogP contribution in [0.3, 0.4) is 0 Å². The zero-order valence-electron chi connectivity index (χ0n) is 9.65. The summed E-state index contributed by atoms with van der Waals surface area (Å²) in [5, 5.41) is 0. The van der Waals surface area contributed by atoms with Gasteiger partial charge in [0.2, 0.25) is 5.91 Å². The molecule has 0 saturated heterocycles. The van der Waals surface area contributed by atoms with Crippen molar-refractivity contribution in [3.63, 3.8) is 0 Å². The van der Waals surface area contributed by atoms with Gasteiger partial charge in [-0.1, -0.05) is 19.3 Å². The molecule has 0 spiro atoms. The van der Waals surface area contributed by atoms with E-state index in [2.05, 4.69) is 4.99 Å². The van der Waals surface area contributed by atoms with E-state index in [4.69, 9.17) is 16.2 Å². The topological polar surface area (TPSA) is 90.7 Å². The average molecular weight is 227 g/mol. The summed E-state index contributed by atoms with van der Waals surface area (Å²) in [7, 11) is 0. The maximum absolute atomic E-state index is 10.4. The van der Waals surface area contributed by atoms with E-state index in [9.17, 15) is 4.79 Å². The molecule has 0 aromatic heterocycles. The van der Waals surface area contributed by atoms with Crippen LogP contribution in [0.5, 0.6) is 0 Å². The standard InChI is InChI=1S/C11H21N3O2/c12-10(15)8-16-7-6-14-11(13)9-4-2-1-3-5-9/h9H,1-8H2,(H2,12,15)(H2,13,14). The summed E-state index contributed by atoms with van der Waals surface area (Å²) in [6.07, 6.45) is 6.11. The number of nitrogens with two attached hydrogens (primary N) is 2. The Bertz CT molecular complexity index is 248. The summed E-state index contributed by atoms with van der Waals surface area (Å²) in [6, 6.07) is 0. The molecule has 16 heavy (non-hydrogen) atoms. The highest BCUT2D eigenvalue weighted by Crippen LogP contribution is 2.23. The molecular weight excluding hydrogens is 206 g/mol. The number of hydrogen-bond donors (Lipinski definition) is 2. The van der Waals surface area contributed by atoms with Crippen molar-refractivity contribution < 1.29 is 9.53 Å². The largest absolute Gasteiger partial charge is 0.387 e. The van der Waals surface area contributed by atoms with Crippen LogP contribution in [-0.2, 0) is 9.53 Å². The van der Waals surface area contributed by atoms with E-state index in [-0.39, 0.29) is 6.61 Å². The van der Waals surface area contributed by atoms with Crippen molar-refractivity contribution in [3.8, 4) is 0 Å². The maximum atomic E-state index is 10.4.